The van der Waals surface area contributed by atoms with Crippen molar-refractivity contribution in [3.8, 4) is 0 Å². The van der Waals surface area contributed by atoms with Crippen LogP contribution < -0.4 is 14.7 Å². The van der Waals surface area contributed by atoms with Crippen LogP contribution in [0.4, 0.5) is 17.5 Å². The summed E-state index contributed by atoms with van der Waals surface area (Å²) in [6.07, 6.45) is 3.30. The zero-order chi connectivity index (χ0) is 17.1. The van der Waals surface area contributed by atoms with Crippen LogP contribution in [0.3, 0.4) is 0 Å². The van der Waals surface area contributed by atoms with Gasteiger partial charge in [-0.15, -0.1) is 0 Å². The van der Waals surface area contributed by atoms with E-state index in [-0.39, 0.29) is 0 Å². The lowest BCUT2D eigenvalue weighted by Crippen LogP contribution is -2.47. The van der Waals surface area contributed by atoms with Crippen LogP contribution in [0, 0.1) is 6.92 Å². The Hall–Kier alpha value is -2.48. The molecule has 25 heavy (non-hydrogen) atoms. The van der Waals surface area contributed by atoms with E-state index in [0.29, 0.717) is 0 Å². The van der Waals surface area contributed by atoms with E-state index in [0.717, 1.165) is 75.6 Å². The lowest BCUT2D eigenvalue weighted by molar-refractivity contribution is 0.122. The van der Waals surface area contributed by atoms with Gasteiger partial charge in [-0.1, -0.05) is 0 Å². The van der Waals surface area contributed by atoms with Crippen LogP contribution >= 0.6 is 0 Å². The van der Waals surface area contributed by atoms with Crippen LogP contribution in [-0.4, -0.2) is 72.4 Å². The molecule has 4 rings (SSSR count). The molecule has 132 valence electrons. The van der Waals surface area contributed by atoms with Crippen molar-refractivity contribution in [1.82, 2.24) is 19.9 Å². The number of piperazine rings is 1. The maximum Gasteiger partial charge on any atom is 0.134 e. The van der Waals surface area contributed by atoms with Gasteiger partial charge < -0.3 is 19.4 Å². The Labute approximate surface area is 147 Å². The average Bonchev–Trinajstić information content (AvgIpc) is 2.69. The van der Waals surface area contributed by atoms with E-state index >= 15 is 0 Å². The zero-order valence-corrected chi connectivity index (χ0v) is 14.5. The Balaban J connectivity index is 1.42. The smallest absolute Gasteiger partial charge is 0.134 e. The number of morpholine rings is 1. The van der Waals surface area contributed by atoms with E-state index in [1.807, 2.05) is 13.0 Å². The number of anilines is 3. The third kappa shape index (κ3) is 3.63. The van der Waals surface area contributed by atoms with Gasteiger partial charge in [0.25, 0.3) is 0 Å². The van der Waals surface area contributed by atoms with Gasteiger partial charge in [0.1, 0.15) is 30.1 Å². The maximum absolute atomic E-state index is 5.42. The van der Waals surface area contributed by atoms with Crippen molar-refractivity contribution in [2.45, 2.75) is 6.92 Å². The number of rotatable bonds is 3. The molecule has 0 N–H and O–H groups in total. The largest absolute Gasteiger partial charge is 0.378 e. The quantitative estimate of drug-likeness (QED) is 0.810. The number of aryl methyl sites for hydroxylation is 1. The van der Waals surface area contributed by atoms with E-state index in [4.69, 9.17) is 4.74 Å². The van der Waals surface area contributed by atoms with Gasteiger partial charge in [-0.3, -0.25) is 0 Å². The number of aromatic nitrogens is 4. The fourth-order valence-electron chi connectivity index (χ4n) is 3.25. The standard InChI is InChI=1S/C17H23N7O/c1-14-10-15(19-12-18-14)22-2-4-23(5-3-22)16-11-17(21-13-20-16)24-6-8-25-9-7-24/h10-13H,2-9H2,1H3. The summed E-state index contributed by atoms with van der Waals surface area (Å²) >= 11 is 0. The Morgan fingerprint density at radius 1 is 0.680 bits per heavy atom. The Morgan fingerprint density at radius 3 is 1.72 bits per heavy atom. The summed E-state index contributed by atoms with van der Waals surface area (Å²) in [7, 11) is 0. The predicted molar refractivity (Wildman–Crippen MR) is 96.3 cm³/mol. The third-order valence-electron chi connectivity index (χ3n) is 4.69. The van der Waals surface area contributed by atoms with Gasteiger partial charge in [-0.05, 0) is 6.92 Å². The van der Waals surface area contributed by atoms with Gasteiger partial charge >= 0.3 is 0 Å². The van der Waals surface area contributed by atoms with E-state index in [9.17, 15) is 0 Å². The first-order chi connectivity index (χ1) is 12.3. The molecule has 0 saturated carbocycles. The average molecular weight is 341 g/mol. The maximum atomic E-state index is 5.42. The molecule has 0 amide bonds. The van der Waals surface area contributed by atoms with Crippen LogP contribution in [0.25, 0.3) is 0 Å². The molecule has 2 aliphatic heterocycles. The summed E-state index contributed by atoms with van der Waals surface area (Å²) in [5.74, 6) is 2.99. The molecule has 8 nitrogen and oxygen atoms in total. The second-order valence-electron chi connectivity index (χ2n) is 6.33. The highest BCUT2D eigenvalue weighted by Crippen LogP contribution is 2.21. The molecule has 0 bridgehead atoms. The Kier molecular flexibility index (Phi) is 4.60. The Bertz CT molecular complexity index is 712. The molecule has 0 spiro atoms. The minimum absolute atomic E-state index is 0.760. The van der Waals surface area contributed by atoms with Crippen molar-refractivity contribution in [3.05, 3.63) is 30.5 Å². The third-order valence-corrected chi connectivity index (χ3v) is 4.69. The van der Waals surface area contributed by atoms with Gasteiger partial charge in [0.05, 0.1) is 13.2 Å². The summed E-state index contributed by atoms with van der Waals surface area (Å²) in [6.45, 7) is 8.97. The summed E-state index contributed by atoms with van der Waals surface area (Å²) < 4.78 is 5.42. The van der Waals surface area contributed by atoms with Crippen LogP contribution in [0.5, 0.6) is 0 Å². The summed E-state index contributed by atoms with van der Waals surface area (Å²) in [5.41, 5.74) is 0.999. The highest BCUT2D eigenvalue weighted by molar-refractivity contribution is 5.52. The first-order valence-corrected chi connectivity index (χ1v) is 8.73. The summed E-state index contributed by atoms with van der Waals surface area (Å²) in [5, 5.41) is 0. The number of nitrogens with zero attached hydrogens (tertiary/aromatic N) is 7. The molecule has 8 heteroatoms. The molecular formula is C17H23N7O. The second-order valence-corrected chi connectivity index (χ2v) is 6.33. The van der Waals surface area contributed by atoms with Crippen molar-refractivity contribution in [1.29, 1.82) is 0 Å². The van der Waals surface area contributed by atoms with Crippen molar-refractivity contribution in [3.63, 3.8) is 0 Å². The molecule has 2 aromatic heterocycles. The van der Waals surface area contributed by atoms with E-state index < -0.39 is 0 Å². The summed E-state index contributed by atoms with van der Waals surface area (Å²) in [4.78, 5) is 24.4. The summed E-state index contributed by atoms with van der Waals surface area (Å²) in [6, 6.07) is 4.13. The first kappa shape index (κ1) is 16.0. The molecular weight excluding hydrogens is 318 g/mol. The van der Waals surface area contributed by atoms with Gasteiger partial charge in [0.15, 0.2) is 0 Å². The molecule has 0 aromatic carbocycles. The van der Waals surface area contributed by atoms with Crippen LogP contribution in [0.15, 0.2) is 24.8 Å². The molecule has 0 atom stereocenters. The normalized spacial score (nSPS) is 18.5. The van der Waals surface area contributed by atoms with Crippen LogP contribution in [0.1, 0.15) is 5.69 Å². The lowest BCUT2D eigenvalue weighted by atomic mass is 10.3. The SMILES string of the molecule is Cc1cc(N2CCN(c3cc(N4CCOCC4)ncn3)CC2)ncn1. The monoisotopic (exact) mass is 341 g/mol. The number of hydrogen-bond donors (Lipinski definition) is 0. The molecule has 4 heterocycles. The highest BCUT2D eigenvalue weighted by atomic mass is 16.5. The zero-order valence-electron chi connectivity index (χ0n) is 14.5. The minimum atomic E-state index is 0.760. The molecule has 2 aliphatic rings. The predicted octanol–water partition coefficient (Wildman–Crippen LogP) is 0.738. The molecule has 0 unspecified atom stereocenters. The van der Waals surface area contributed by atoms with Crippen LogP contribution in [-0.2, 0) is 4.74 Å². The van der Waals surface area contributed by atoms with Gasteiger partial charge in [0, 0.05) is 57.1 Å². The van der Waals surface area contributed by atoms with Gasteiger partial charge in [-0.25, -0.2) is 19.9 Å². The van der Waals surface area contributed by atoms with Crippen molar-refractivity contribution in [2.24, 2.45) is 0 Å². The molecule has 2 fully saturated rings. The number of hydrogen-bond acceptors (Lipinski definition) is 8. The Morgan fingerprint density at radius 2 is 1.16 bits per heavy atom. The highest BCUT2D eigenvalue weighted by Gasteiger charge is 2.21. The number of ether oxygens (including phenoxy) is 1. The molecule has 0 radical (unpaired) electrons. The van der Waals surface area contributed by atoms with E-state index in [1.165, 1.54) is 0 Å². The fraction of sp³-hybridized carbons (Fsp3) is 0.529. The molecule has 2 aromatic rings. The second kappa shape index (κ2) is 7.18. The van der Waals surface area contributed by atoms with Crippen molar-refractivity contribution < 1.29 is 4.74 Å². The van der Waals surface area contributed by atoms with E-state index in [1.54, 1.807) is 12.7 Å². The molecule has 0 aliphatic carbocycles. The lowest BCUT2D eigenvalue weighted by Gasteiger charge is -2.36. The fourth-order valence-corrected chi connectivity index (χ4v) is 3.25. The van der Waals surface area contributed by atoms with Gasteiger partial charge in [0.2, 0.25) is 0 Å². The van der Waals surface area contributed by atoms with Crippen LogP contribution in [0.2, 0.25) is 0 Å². The van der Waals surface area contributed by atoms with Crippen molar-refractivity contribution >= 4 is 17.5 Å². The minimum Gasteiger partial charge on any atom is -0.378 e. The van der Waals surface area contributed by atoms with Crippen molar-refractivity contribution in [2.75, 3.05) is 67.2 Å². The van der Waals surface area contributed by atoms with Gasteiger partial charge in [-0.2, -0.15) is 0 Å². The van der Waals surface area contributed by atoms with E-state index in [2.05, 4.69) is 40.7 Å². The first-order valence-electron chi connectivity index (χ1n) is 8.73. The topological polar surface area (TPSA) is 70.5 Å². The molecule has 2 saturated heterocycles.